The molecule has 0 amide bonds. The molecule has 8 heteroatoms. The highest BCUT2D eigenvalue weighted by molar-refractivity contribution is 6.30. The summed E-state index contributed by atoms with van der Waals surface area (Å²) in [7, 11) is 1.66. The summed E-state index contributed by atoms with van der Waals surface area (Å²) in [4.78, 5) is 8.79. The van der Waals surface area contributed by atoms with E-state index in [1.807, 2.05) is 65.5 Å². The molecule has 2 aliphatic heterocycles. The van der Waals surface area contributed by atoms with Crippen molar-refractivity contribution in [2.45, 2.75) is 12.1 Å². The fourth-order valence-electron chi connectivity index (χ4n) is 4.35. The van der Waals surface area contributed by atoms with Gasteiger partial charge in [-0.2, -0.15) is 10.1 Å². The number of anilines is 1. The van der Waals surface area contributed by atoms with E-state index in [0.29, 0.717) is 11.0 Å². The van der Waals surface area contributed by atoms with Gasteiger partial charge in [-0.15, -0.1) is 0 Å². The maximum atomic E-state index is 6.58. The van der Waals surface area contributed by atoms with Gasteiger partial charge in [0.15, 0.2) is 0 Å². The summed E-state index contributed by atoms with van der Waals surface area (Å²) >= 11 is 6.36. The minimum absolute atomic E-state index is 0.253. The second kappa shape index (κ2) is 7.39. The quantitative estimate of drug-likeness (QED) is 0.485. The average molecular weight is 444 g/mol. The summed E-state index contributed by atoms with van der Waals surface area (Å²) in [5, 5.41) is 8.62. The summed E-state index contributed by atoms with van der Waals surface area (Å²) in [6.07, 6.45) is 4.80. The lowest BCUT2D eigenvalue weighted by molar-refractivity contribution is 0.223. The van der Waals surface area contributed by atoms with Crippen LogP contribution in [0, 0.1) is 0 Å². The predicted molar refractivity (Wildman–Crippen MR) is 121 cm³/mol. The molecule has 0 saturated heterocycles. The Morgan fingerprint density at radius 3 is 2.75 bits per heavy atom. The number of methoxy groups -OCH3 is 1. The zero-order valence-electron chi connectivity index (χ0n) is 17.1. The zero-order chi connectivity index (χ0) is 21.7. The van der Waals surface area contributed by atoms with Gasteiger partial charge in [0.2, 0.25) is 5.95 Å². The first kappa shape index (κ1) is 18.9. The Morgan fingerprint density at radius 2 is 1.97 bits per heavy atom. The highest BCUT2D eigenvalue weighted by Crippen LogP contribution is 2.50. The Labute approximate surface area is 189 Å². The fraction of sp³-hybridized carbons (Fsp3) is 0.125. The second-order valence-corrected chi connectivity index (χ2v) is 8.02. The molecular weight excluding hydrogens is 426 g/mol. The lowest BCUT2D eigenvalue weighted by Gasteiger charge is -2.38. The van der Waals surface area contributed by atoms with Crippen molar-refractivity contribution in [3.05, 3.63) is 101 Å². The highest BCUT2D eigenvalue weighted by atomic mass is 35.5. The van der Waals surface area contributed by atoms with Crippen LogP contribution in [0.3, 0.4) is 0 Å². The van der Waals surface area contributed by atoms with Gasteiger partial charge in [-0.25, -0.2) is 4.68 Å². The molecule has 1 N–H and O–H groups in total. The molecule has 0 bridgehead atoms. The van der Waals surface area contributed by atoms with E-state index in [-0.39, 0.29) is 12.1 Å². The van der Waals surface area contributed by atoms with Crippen LogP contribution >= 0.6 is 11.6 Å². The monoisotopic (exact) mass is 443 g/mol. The van der Waals surface area contributed by atoms with Crippen molar-refractivity contribution in [1.82, 2.24) is 19.7 Å². The molecule has 2 aromatic heterocycles. The van der Waals surface area contributed by atoms with Crippen molar-refractivity contribution in [2.75, 3.05) is 12.4 Å². The van der Waals surface area contributed by atoms with Gasteiger partial charge < -0.3 is 14.8 Å². The number of aromatic nitrogens is 4. The number of pyridine rings is 1. The Bertz CT molecular complexity index is 1330. The van der Waals surface area contributed by atoms with Gasteiger partial charge in [-0.1, -0.05) is 29.8 Å². The third kappa shape index (κ3) is 2.93. The molecule has 2 aromatic carbocycles. The summed E-state index contributed by atoms with van der Waals surface area (Å²) in [6.45, 7) is 0. The van der Waals surface area contributed by atoms with E-state index in [0.717, 1.165) is 39.5 Å². The highest BCUT2D eigenvalue weighted by Gasteiger charge is 2.41. The van der Waals surface area contributed by atoms with Crippen LogP contribution in [0.15, 0.2) is 78.9 Å². The van der Waals surface area contributed by atoms with E-state index in [2.05, 4.69) is 20.4 Å². The number of ether oxygens (including phenoxy) is 2. The van der Waals surface area contributed by atoms with Gasteiger partial charge in [0.25, 0.3) is 0 Å². The summed E-state index contributed by atoms with van der Waals surface area (Å²) in [5.41, 5.74) is 4.80. The molecule has 2 atom stereocenters. The van der Waals surface area contributed by atoms with E-state index in [9.17, 15) is 0 Å². The molecule has 7 nitrogen and oxygen atoms in total. The second-order valence-electron chi connectivity index (χ2n) is 7.58. The lowest BCUT2D eigenvalue weighted by Crippen LogP contribution is -2.32. The van der Waals surface area contributed by atoms with Crippen molar-refractivity contribution >= 4 is 23.2 Å². The summed E-state index contributed by atoms with van der Waals surface area (Å²) < 4.78 is 13.8. The van der Waals surface area contributed by atoms with Crippen LogP contribution in [0.2, 0.25) is 5.02 Å². The van der Waals surface area contributed by atoms with Gasteiger partial charge >= 0.3 is 0 Å². The normalized spacial score (nSPS) is 18.7. The number of hydrogen-bond donors (Lipinski definition) is 1. The molecule has 4 heterocycles. The molecule has 6 rings (SSSR count). The summed E-state index contributed by atoms with van der Waals surface area (Å²) in [6, 6.07) is 17.3. The van der Waals surface area contributed by atoms with Crippen molar-refractivity contribution in [3.8, 4) is 11.5 Å². The van der Waals surface area contributed by atoms with Crippen LogP contribution in [0.5, 0.6) is 11.5 Å². The lowest BCUT2D eigenvalue weighted by atomic mass is 9.85. The Balaban J connectivity index is 1.61. The SMILES string of the molecule is COc1ccc([C@@H]2Oc3ccc(Cl)cc3C3=C2[C@H](c2cccnc2)n2ncnc2N3)cc1. The van der Waals surface area contributed by atoms with Crippen molar-refractivity contribution < 1.29 is 9.47 Å². The molecular formula is C24H18ClN5O2. The van der Waals surface area contributed by atoms with E-state index in [1.54, 1.807) is 19.6 Å². The fourth-order valence-corrected chi connectivity index (χ4v) is 4.53. The van der Waals surface area contributed by atoms with Crippen LogP contribution in [-0.2, 0) is 0 Å². The van der Waals surface area contributed by atoms with Gasteiger partial charge in [0.05, 0.1) is 12.8 Å². The van der Waals surface area contributed by atoms with Crippen LogP contribution < -0.4 is 14.8 Å². The Kier molecular flexibility index (Phi) is 4.36. The number of benzene rings is 2. The number of rotatable bonds is 3. The molecule has 2 aliphatic rings. The topological polar surface area (TPSA) is 74.1 Å². The molecule has 0 unspecified atom stereocenters. The third-order valence-electron chi connectivity index (χ3n) is 5.79. The molecule has 0 radical (unpaired) electrons. The Hall–Kier alpha value is -3.84. The van der Waals surface area contributed by atoms with Gasteiger partial charge in [0, 0.05) is 28.6 Å². The van der Waals surface area contributed by atoms with Crippen LogP contribution in [0.25, 0.3) is 5.70 Å². The number of nitrogens with one attached hydrogen (secondary N) is 1. The van der Waals surface area contributed by atoms with Gasteiger partial charge in [-0.3, -0.25) is 4.98 Å². The number of fused-ring (bicyclic) bond motifs is 3. The standard InChI is InChI=1S/C24H18ClN5O2/c1-31-17-7-4-14(5-8-17)23-20-21(18-11-16(25)6-9-19(18)32-23)29-24-27-13-28-30(24)22(20)15-3-2-10-26-12-15/h2-13,22-23H,1H3,(H,27,28,29)/t22-,23-/m0/s1. The maximum Gasteiger partial charge on any atom is 0.226 e. The number of nitrogens with zero attached hydrogens (tertiary/aromatic N) is 4. The van der Waals surface area contributed by atoms with Gasteiger partial charge in [0.1, 0.15) is 30.0 Å². The van der Waals surface area contributed by atoms with E-state index in [1.165, 1.54) is 0 Å². The smallest absolute Gasteiger partial charge is 0.226 e. The molecule has 0 fully saturated rings. The van der Waals surface area contributed by atoms with Crippen molar-refractivity contribution in [1.29, 1.82) is 0 Å². The molecule has 0 spiro atoms. The van der Waals surface area contributed by atoms with E-state index >= 15 is 0 Å². The van der Waals surface area contributed by atoms with Crippen molar-refractivity contribution in [2.24, 2.45) is 0 Å². The minimum atomic E-state index is -0.361. The molecule has 0 saturated carbocycles. The molecule has 4 aromatic rings. The van der Waals surface area contributed by atoms with E-state index in [4.69, 9.17) is 21.1 Å². The maximum absolute atomic E-state index is 6.58. The largest absolute Gasteiger partial charge is 0.497 e. The van der Waals surface area contributed by atoms with Crippen LogP contribution in [0.4, 0.5) is 5.95 Å². The van der Waals surface area contributed by atoms with Crippen LogP contribution in [0.1, 0.15) is 28.8 Å². The predicted octanol–water partition coefficient (Wildman–Crippen LogP) is 4.90. The first-order valence-corrected chi connectivity index (χ1v) is 10.5. The third-order valence-corrected chi connectivity index (χ3v) is 6.03. The first-order valence-electron chi connectivity index (χ1n) is 10.1. The number of halogens is 1. The first-order chi connectivity index (χ1) is 15.7. The summed E-state index contributed by atoms with van der Waals surface area (Å²) in [5.74, 6) is 2.19. The molecule has 0 aliphatic carbocycles. The van der Waals surface area contributed by atoms with E-state index < -0.39 is 0 Å². The van der Waals surface area contributed by atoms with Gasteiger partial charge in [-0.05, 0) is 47.5 Å². The Morgan fingerprint density at radius 1 is 1.09 bits per heavy atom. The zero-order valence-corrected chi connectivity index (χ0v) is 17.8. The minimum Gasteiger partial charge on any atom is -0.497 e. The molecule has 32 heavy (non-hydrogen) atoms. The van der Waals surface area contributed by atoms with Crippen molar-refractivity contribution in [3.63, 3.8) is 0 Å². The van der Waals surface area contributed by atoms with Crippen LogP contribution in [-0.4, -0.2) is 26.9 Å². The number of hydrogen-bond acceptors (Lipinski definition) is 6. The average Bonchev–Trinajstić information content (AvgIpc) is 3.31. The molecule has 158 valence electrons.